The van der Waals surface area contributed by atoms with Gasteiger partial charge >= 0.3 is 11.9 Å². The van der Waals surface area contributed by atoms with Gasteiger partial charge in [0.15, 0.2) is 5.69 Å². The zero-order chi connectivity index (χ0) is 22.3. The highest BCUT2D eigenvalue weighted by atomic mass is 16.4. The monoisotopic (exact) mass is 419 g/mol. The van der Waals surface area contributed by atoms with Crippen molar-refractivity contribution in [2.24, 2.45) is 5.73 Å². The maximum Gasteiger partial charge on any atom is 0.414 e. The molecule has 1 aromatic carbocycles. The normalized spacial score (nSPS) is 14.9. The molecule has 0 atom stereocenters. The van der Waals surface area contributed by atoms with Crippen LogP contribution in [-0.2, 0) is 9.59 Å². The molecule has 1 fully saturated rings. The molecule has 0 bridgehead atoms. The molecule has 2 heterocycles. The molecule has 0 radical (unpaired) electrons. The Morgan fingerprint density at radius 1 is 1.17 bits per heavy atom. The minimum Gasteiger partial charge on any atom is -0.473 e. The van der Waals surface area contributed by atoms with Gasteiger partial charge in [-0.2, -0.15) is 5.10 Å². The van der Waals surface area contributed by atoms with Crippen molar-refractivity contribution >= 4 is 28.7 Å². The van der Waals surface area contributed by atoms with Gasteiger partial charge in [-0.05, 0) is 32.8 Å². The summed E-state index contributed by atoms with van der Waals surface area (Å²) >= 11 is 0. The second-order valence-electron chi connectivity index (χ2n) is 7.39. The molecule has 1 amide bonds. The SMILES string of the molecule is CC(C)n1nc(C(=O)NC2CCN(CCN)CC2)c2ccccc21.O=C(O)C(=O)O. The van der Waals surface area contributed by atoms with Gasteiger partial charge in [-0.25, -0.2) is 9.59 Å². The molecule has 0 spiro atoms. The Bertz CT molecular complexity index is 875. The average Bonchev–Trinajstić information content (AvgIpc) is 3.10. The van der Waals surface area contributed by atoms with E-state index in [9.17, 15) is 4.79 Å². The topological polar surface area (TPSA) is 151 Å². The third kappa shape index (κ3) is 6.01. The standard InChI is InChI=1S/C18H27N5O.C2H2O4/c1-13(2)23-16-6-4-3-5-15(16)17(21-23)18(24)20-14-7-10-22(11-8-14)12-9-19;3-1(4)2(5)6/h3-6,13-14H,7-12,19H2,1-2H3,(H,20,24);(H,3,4)(H,5,6). The quantitative estimate of drug-likeness (QED) is 0.523. The van der Waals surface area contributed by atoms with E-state index < -0.39 is 11.9 Å². The molecule has 0 aliphatic carbocycles. The van der Waals surface area contributed by atoms with Crippen molar-refractivity contribution < 1.29 is 24.6 Å². The van der Waals surface area contributed by atoms with Crippen LogP contribution in [0.2, 0.25) is 0 Å². The van der Waals surface area contributed by atoms with Crippen LogP contribution < -0.4 is 11.1 Å². The summed E-state index contributed by atoms with van der Waals surface area (Å²) in [6, 6.07) is 8.37. The zero-order valence-corrected chi connectivity index (χ0v) is 17.2. The Morgan fingerprint density at radius 2 is 1.77 bits per heavy atom. The lowest BCUT2D eigenvalue weighted by Gasteiger charge is -2.31. The number of carbonyl (C=O) groups is 3. The smallest absolute Gasteiger partial charge is 0.414 e. The van der Waals surface area contributed by atoms with Crippen LogP contribution in [0.25, 0.3) is 10.9 Å². The number of nitrogens with two attached hydrogens (primary N) is 1. The molecule has 30 heavy (non-hydrogen) atoms. The molecular formula is C20H29N5O5. The fraction of sp³-hybridized carbons (Fsp3) is 0.500. The number of carbonyl (C=O) groups excluding carboxylic acids is 1. The van der Waals surface area contributed by atoms with Crippen LogP contribution in [0.5, 0.6) is 0 Å². The first-order valence-electron chi connectivity index (χ1n) is 9.91. The molecule has 1 aliphatic rings. The van der Waals surface area contributed by atoms with Crippen LogP contribution in [0.4, 0.5) is 0 Å². The van der Waals surface area contributed by atoms with Crippen molar-refractivity contribution in [3.05, 3.63) is 30.0 Å². The van der Waals surface area contributed by atoms with Gasteiger partial charge in [0.05, 0.1) is 5.52 Å². The number of hydrogen-bond acceptors (Lipinski definition) is 6. The Hall–Kier alpha value is -2.98. The number of hydrogen-bond donors (Lipinski definition) is 4. The molecule has 0 unspecified atom stereocenters. The first kappa shape index (κ1) is 23.3. The van der Waals surface area contributed by atoms with Gasteiger partial charge in [0.25, 0.3) is 5.91 Å². The highest BCUT2D eigenvalue weighted by Crippen LogP contribution is 2.22. The lowest BCUT2D eigenvalue weighted by molar-refractivity contribution is -0.159. The predicted molar refractivity (Wildman–Crippen MR) is 111 cm³/mol. The van der Waals surface area contributed by atoms with Crippen molar-refractivity contribution in [1.29, 1.82) is 0 Å². The molecule has 1 aliphatic heterocycles. The van der Waals surface area contributed by atoms with Crippen LogP contribution >= 0.6 is 0 Å². The molecule has 3 rings (SSSR count). The van der Waals surface area contributed by atoms with Gasteiger partial charge in [-0.3, -0.25) is 9.48 Å². The lowest BCUT2D eigenvalue weighted by atomic mass is 10.0. The Kier molecular flexibility index (Phi) is 8.31. The van der Waals surface area contributed by atoms with Crippen LogP contribution in [0.3, 0.4) is 0 Å². The van der Waals surface area contributed by atoms with E-state index in [-0.39, 0.29) is 18.0 Å². The second-order valence-corrected chi connectivity index (χ2v) is 7.39. The molecular weight excluding hydrogens is 390 g/mol. The maximum atomic E-state index is 12.7. The summed E-state index contributed by atoms with van der Waals surface area (Å²) in [4.78, 5) is 33.3. The first-order valence-corrected chi connectivity index (χ1v) is 9.91. The van der Waals surface area contributed by atoms with E-state index in [4.69, 9.17) is 25.5 Å². The number of nitrogens with zero attached hydrogens (tertiary/aromatic N) is 3. The number of carboxylic acid groups (broad SMARTS) is 2. The van der Waals surface area contributed by atoms with Crippen molar-refractivity contribution in [2.75, 3.05) is 26.2 Å². The van der Waals surface area contributed by atoms with Gasteiger partial charge in [0.2, 0.25) is 0 Å². The second kappa shape index (κ2) is 10.7. The number of likely N-dealkylation sites (tertiary alicyclic amines) is 1. The molecule has 5 N–H and O–H groups in total. The number of aliphatic carboxylic acids is 2. The van der Waals surface area contributed by atoms with Crippen molar-refractivity contribution in [3.63, 3.8) is 0 Å². The fourth-order valence-corrected chi connectivity index (χ4v) is 3.39. The largest absolute Gasteiger partial charge is 0.473 e. The Morgan fingerprint density at radius 3 is 2.30 bits per heavy atom. The summed E-state index contributed by atoms with van der Waals surface area (Å²) in [5, 5.41) is 23.4. The third-order valence-electron chi connectivity index (χ3n) is 4.87. The van der Waals surface area contributed by atoms with E-state index in [1.807, 2.05) is 28.9 Å². The van der Waals surface area contributed by atoms with E-state index in [1.165, 1.54) is 0 Å². The number of rotatable bonds is 5. The molecule has 2 aromatic rings. The summed E-state index contributed by atoms with van der Waals surface area (Å²) in [6.07, 6.45) is 1.93. The number of carboxylic acids is 2. The van der Waals surface area contributed by atoms with E-state index in [0.29, 0.717) is 12.2 Å². The third-order valence-corrected chi connectivity index (χ3v) is 4.87. The summed E-state index contributed by atoms with van der Waals surface area (Å²) in [7, 11) is 0. The first-order chi connectivity index (χ1) is 14.2. The molecule has 1 aromatic heterocycles. The number of fused-ring (bicyclic) bond motifs is 1. The van der Waals surface area contributed by atoms with Crippen LogP contribution in [0.15, 0.2) is 24.3 Å². The molecule has 164 valence electrons. The molecule has 10 heteroatoms. The van der Waals surface area contributed by atoms with Gasteiger partial charge in [0, 0.05) is 43.6 Å². The van der Waals surface area contributed by atoms with E-state index >= 15 is 0 Å². The zero-order valence-electron chi connectivity index (χ0n) is 17.2. The van der Waals surface area contributed by atoms with Gasteiger partial charge in [-0.15, -0.1) is 0 Å². The number of para-hydroxylation sites is 1. The maximum absolute atomic E-state index is 12.7. The Labute approximate surface area is 174 Å². The average molecular weight is 419 g/mol. The molecule has 1 saturated heterocycles. The van der Waals surface area contributed by atoms with Crippen LogP contribution in [0, 0.1) is 0 Å². The fourth-order valence-electron chi connectivity index (χ4n) is 3.39. The highest BCUT2D eigenvalue weighted by molar-refractivity contribution is 6.27. The van der Waals surface area contributed by atoms with Gasteiger partial charge < -0.3 is 26.2 Å². The minimum atomic E-state index is -1.82. The number of aromatic nitrogens is 2. The molecule has 10 nitrogen and oxygen atoms in total. The van der Waals surface area contributed by atoms with E-state index in [2.05, 4.69) is 29.2 Å². The summed E-state index contributed by atoms with van der Waals surface area (Å²) in [6.45, 7) is 7.76. The molecule has 0 saturated carbocycles. The summed E-state index contributed by atoms with van der Waals surface area (Å²) in [5.41, 5.74) is 7.15. The van der Waals surface area contributed by atoms with Crippen molar-refractivity contribution in [2.45, 2.75) is 38.8 Å². The van der Waals surface area contributed by atoms with Crippen molar-refractivity contribution in [1.82, 2.24) is 20.0 Å². The lowest BCUT2D eigenvalue weighted by Crippen LogP contribution is -2.45. The number of amides is 1. The van der Waals surface area contributed by atoms with Gasteiger partial charge in [-0.1, -0.05) is 18.2 Å². The van der Waals surface area contributed by atoms with Crippen LogP contribution in [-0.4, -0.2) is 75.0 Å². The minimum absolute atomic E-state index is 0.0668. The number of nitrogens with one attached hydrogen (secondary N) is 1. The Balaban J connectivity index is 0.000000469. The summed E-state index contributed by atoms with van der Waals surface area (Å²) < 4.78 is 1.92. The summed E-state index contributed by atoms with van der Waals surface area (Å²) in [5.74, 6) is -3.71. The van der Waals surface area contributed by atoms with Gasteiger partial charge in [0.1, 0.15) is 0 Å². The van der Waals surface area contributed by atoms with E-state index in [1.54, 1.807) is 0 Å². The predicted octanol–water partition coefficient (Wildman–Crippen LogP) is 0.926. The number of benzene rings is 1. The van der Waals surface area contributed by atoms with Crippen LogP contribution in [0.1, 0.15) is 43.2 Å². The van der Waals surface area contributed by atoms with E-state index in [0.717, 1.165) is 43.4 Å². The highest BCUT2D eigenvalue weighted by Gasteiger charge is 2.23. The number of piperidine rings is 1. The van der Waals surface area contributed by atoms with Crippen molar-refractivity contribution in [3.8, 4) is 0 Å².